The first kappa shape index (κ1) is 11.5. The summed E-state index contributed by atoms with van der Waals surface area (Å²) in [7, 11) is 0. The van der Waals surface area contributed by atoms with Gasteiger partial charge in [-0.05, 0) is 24.9 Å². The normalized spacial score (nSPS) is 11.0. The molecule has 0 spiro atoms. The topological polar surface area (TPSA) is 51.6 Å². The molecule has 0 radical (unpaired) electrons. The lowest BCUT2D eigenvalue weighted by Crippen LogP contribution is -2.01. The summed E-state index contributed by atoms with van der Waals surface area (Å²) in [5, 5.41) is 0.342. The Labute approximate surface area is 103 Å². The maximum atomic E-state index is 5.95. The Morgan fingerprint density at radius 2 is 1.81 bits per heavy atom. The highest BCUT2D eigenvalue weighted by atomic mass is 35.5. The maximum absolute atomic E-state index is 5.95. The van der Waals surface area contributed by atoms with Gasteiger partial charge in [0.25, 0.3) is 0 Å². The van der Waals surface area contributed by atoms with Gasteiger partial charge in [-0.2, -0.15) is 4.98 Å². The van der Waals surface area contributed by atoms with E-state index in [1.165, 1.54) is 0 Å². The molecular weight excluding hydrogens is 247 g/mol. The molecule has 0 aliphatic heterocycles. The van der Waals surface area contributed by atoms with Crippen LogP contribution in [0.1, 0.15) is 24.7 Å². The Kier molecular flexibility index (Phi) is 3.21. The van der Waals surface area contributed by atoms with Crippen molar-refractivity contribution in [3.05, 3.63) is 21.8 Å². The Morgan fingerprint density at radius 3 is 2.50 bits per heavy atom. The third-order valence-corrected chi connectivity index (χ3v) is 2.65. The molecular formula is C10H10Cl2N4. The highest BCUT2D eigenvalue weighted by Crippen LogP contribution is 2.20. The number of hydrogen-bond acceptors (Lipinski definition) is 4. The van der Waals surface area contributed by atoms with Crippen LogP contribution in [0, 0.1) is 6.92 Å². The summed E-state index contributed by atoms with van der Waals surface area (Å²) in [6.07, 6.45) is 1.88. The molecule has 0 aliphatic carbocycles. The van der Waals surface area contributed by atoms with Crippen LogP contribution in [0.25, 0.3) is 11.2 Å². The summed E-state index contributed by atoms with van der Waals surface area (Å²) in [6.45, 7) is 3.99. The second-order valence-electron chi connectivity index (χ2n) is 3.46. The van der Waals surface area contributed by atoms with Gasteiger partial charge in [-0.25, -0.2) is 15.0 Å². The number of aryl methyl sites for hydroxylation is 2. The molecule has 0 amide bonds. The fourth-order valence-electron chi connectivity index (χ4n) is 1.48. The SMILES string of the molecule is CCCc1nc2c(Cl)nc(Cl)nc2nc1C. The number of halogens is 2. The molecule has 2 aromatic rings. The predicted octanol–water partition coefficient (Wildman–Crippen LogP) is 2.99. The van der Waals surface area contributed by atoms with Gasteiger partial charge in [0.2, 0.25) is 5.28 Å². The van der Waals surface area contributed by atoms with Gasteiger partial charge in [0.15, 0.2) is 10.8 Å². The number of aromatic nitrogens is 4. The number of rotatable bonds is 2. The van der Waals surface area contributed by atoms with E-state index >= 15 is 0 Å². The van der Waals surface area contributed by atoms with Crippen molar-refractivity contribution in [2.24, 2.45) is 0 Å². The minimum Gasteiger partial charge on any atom is -0.244 e. The summed E-state index contributed by atoms with van der Waals surface area (Å²) >= 11 is 11.7. The largest absolute Gasteiger partial charge is 0.244 e. The lowest BCUT2D eigenvalue weighted by atomic mass is 10.2. The number of nitrogens with zero attached hydrogens (tertiary/aromatic N) is 4. The summed E-state index contributed by atoms with van der Waals surface area (Å²) in [6, 6.07) is 0. The van der Waals surface area contributed by atoms with Crippen molar-refractivity contribution in [2.45, 2.75) is 26.7 Å². The van der Waals surface area contributed by atoms with Gasteiger partial charge in [-0.3, -0.25) is 0 Å². The molecule has 2 aromatic heterocycles. The molecule has 2 rings (SSSR count). The Balaban J connectivity index is 2.69. The van der Waals surface area contributed by atoms with E-state index in [9.17, 15) is 0 Å². The van der Waals surface area contributed by atoms with Crippen LogP contribution in [-0.2, 0) is 6.42 Å². The highest BCUT2D eigenvalue weighted by Gasteiger charge is 2.10. The van der Waals surface area contributed by atoms with Crippen LogP contribution in [0.4, 0.5) is 0 Å². The average Bonchev–Trinajstić information content (AvgIpc) is 2.20. The number of fused-ring (bicyclic) bond motifs is 1. The van der Waals surface area contributed by atoms with E-state index in [-0.39, 0.29) is 10.4 Å². The van der Waals surface area contributed by atoms with E-state index in [1.54, 1.807) is 0 Å². The second-order valence-corrected chi connectivity index (χ2v) is 4.16. The Bertz CT molecular complexity index is 542. The van der Waals surface area contributed by atoms with Crippen molar-refractivity contribution < 1.29 is 0 Å². The molecule has 0 saturated carbocycles. The van der Waals surface area contributed by atoms with E-state index in [4.69, 9.17) is 23.2 Å². The average molecular weight is 257 g/mol. The highest BCUT2D eigenvalue weighted by molar-refractivity contribution is 6.35. The molecule has 0 atom stereocenters. The van der Waals surface area contributed by atoms with Gasteiger partial charge < -0.3 is 0 Å². The third kappa shape index (κ3) is 2.08. The van der Waals surface area contributed by atoms with E-state index in [2.05, 4.69) is 26.9 Å². The van der Waals surface area contributed by atoms with Crippen molar-refractivity contribution in [3.63, 3.8) is 0 Å². The summed E-state index contributed by atoms with van der Waals surface area (Å²) < 4.78 is 0. The minimum atomic E-state index is 0.0921. The van der Waals surface area contributed by atoms with Crippen molar-refractivity contribution in [1.29, 1.82) is 0 Å². The number of hydrogen-bond donors (Lipinski definition) is 0. The van der Waals surface area contributed by atoms with Crippen LogP contribution in [-0.4, -0.2) is 19.9 Å². The van der Waals surface area contributed by atoms with E-state index in [0.717, 1.165) is 24.2 Å². The third-order valence-electron chi connectivity index (χ3n) is 2.22. The molecule has 0 saturated heterocycles. The quantitative estimate of drug-likeness (QED) is 0.613. The van der Waals surface area contributed by atoms with Gasteiger partial charge >= 0.3 is 0 Å². The molecule has 0 unspecified atom stereocenters. The van der Waals surface area contributed by atoms with Crippen LogP contribution in [0.3, 0.4) is 0 Å². The Morgan fingerprint density at radius 1 is 1.06 bits per heavy atom. The smallest absolute Gasteiger partial charge is 0.225 e. The maximum Gasteiger partial charge on any atom is 0.225 e. The summed E-state index contributed by atoms with van der Waals surface area (Å²) in [4.78, 5) is 16.6. The molecule has 0 aromatic carbocycles. The van der Waals surface area contributed by atoms with Crippen molar-refractivity contribution in [1.82, 2.24) is 19.9 Å². The van der Waals surface area contributed by atoms with Gasteiger partial charge in [-0.1, -0.05) is 24.9 Å². The summed E-state index contributed by atoms with van der Waals surface area (Å²) in [5.41, 5.74) is 2.76. The molecule has 6 heteroatoms. The van der Waals surface area contributed by atoms with Gasteiger partial charge in [0, 0.05) is 0 Å². The van der Waals surface area contributed by atoms with E-state index in [0.29, 0.717) is 11.2 Å². The van der Waals surface area contributed by atoms with Crippen molar-refractivity contribution >= 4 is 34.4 Å². The lowest BCUT2D eigenvalue weighted by molar-refractivity contribution is 0.862. The van der Waals surface area contributed by atoms with Crippen LogP contribution in [0.15, 0.2) is 0 Å². The van der Waals surface area contributed by atoms with E-state index in [1.807, 2.05) is 6.92 Å². The minimum absolute atomic E-state index is 0.0921. The standard InChI is InChI=1S/C10H10Cl2N4/c1-3-4-6-5(2)13-9-7(14-6)8(11)15-10(12)16-9/h3-4H2,1-2H3. The van der Waals surface area contributed by atoms with Crippen LogP contribution in [0.5, 0.6) is 0 Å². The van der Waals surface area contributed by atoms with Crippen molar-refractivity contribution in [2.75, 3.05) is 0 Å². The van der Waals surface area contributed by atoms with Crippen LogP contribution >= 0.6 is 23.2 Å². The van der Waals surface area contributed by atoms with E-state index < -0.39 is 0 Å². The molecule has 0 bridgehead atoms. The Hall–Kier alpha value is -1.00. The molecule has 0 aliphatic rings. The molecule has 0 N–H and O–H groups in total. The summed E-state index contributed by atoms with van der Waals surface area (Å²) in [5.74, 6) is 0. The first-order chi connectivity index (χ1) is 7.61. The molecule has 2 heterocycles. The first-order valence-electron chi connectivity index (χ1n) is 4.98. The lowest BCUT2D eigenvalue weighted by Gasteiger charge is -2.05. The van der Waals surface area contributed by atoms with Gasteiger partial charge in [0.1, 0.15) is 5.52 Å². The zero-order valence-corrected chi connectivity index (χ0v) is 10.5. The first-order valence-corrected chi connectivity index (χ1v) is 5.73. The zero-order chi connectivity index (χ0) is 11.7. The van der Waals surface area contributed by atoms with Crippen LogP contribution < -0.4 is 0 Å². The molecule has 0 fully saturated rings. The molecule has 4 nitrogen and oxygen atoms in total. The van der Waals surface area contributed by atoms with Gasteiger partial charge in [0.05, 0.1) is 11.4 Å². The van der Waals surface area contributed by atoms with Crippen LogP contribution in [0.2, 0.25) is 10.4 Å². The fraction of sp³-hybridized carbons (Fsp3) is 0.400. The zero-order valence-electron chi connectivity index (χ0n) is 8.96. The van der Waals surface area contributed by atoms with Crippen molar-refractivity contribution in [3.8, 4) is 0 Å². The second kappa shape index (κ2) is 4.47. The molecule has 16 heavy (non-hydrogen) atoms. The monoisotopic (exact) mass is 256 g/mol. The van der Waals surface area contributed by atoms with Gasteiger partial charge in [-0.15, -0.1) is 0 Å². The fourth-order valence-corrected chi connectivity index (χ4v) is 1.89. The predicted molar refractivity (Wildman–Crippen MR) is 63.9 cm³/mol. The molecule has 84 valence electrons.